The normalized spacial score (nSPS) is 12.3. The summed E-state index contributed by atoms with van der Waals surface area (Å²) in [6.45, 7) is 2.46. The first-order chi connectivity index (χ1) is 9.56. The van der Waals surface area contributed by atoms with Crippen molar-refractivity contribution in [2.24, 2.45) is 0 Å². The van der Waals surface area contributed by atoms with E-state index in [2.05, 4.69) is 5.32 Å². The van der Waals surface area contributed by atoms with Crippen molar-refractivity contribution in [2.45, 2.75) is 19.4 Å². The van der Waals surface area contributed by atoms with Crippen LogP contribution in [0.5, 0.6) is 5.75 Å². The minimum Gasteiger partial charge on any atom is -0.508 e. The highest BCUT2D eigenvalue weighted by Gasteiger charge is 2.10. The number of nitrogens with one attached hydrogen (secondary N) is 1. The van der Waals surface area contributed by atoms with Gasteiger partial charge in [-0.1, -0.05) is 12.1 Å². The molecule has 2 aromatic rings. The van der Waals surface area contributed by atoms with Crippen LogP contribution in [0.1, 0.15) is 24.1 Å². The van der Waals surface area contributed by atoms with Crippen molar-refractivity contribution in [3.63, 3.8) is 0 Å². The highest BCUT2D eigenvalue weighted by atomic mass is 19.1. The van der Waals surface area contributed by atoms with Gasteiger partial charge in [0.05, 0.1) is 0 Å². The predicted octanol–water partition coefficient (Wildman–Crippen LogP) is 3.56. The molecule has 0 aromatic heterocycles. The average Bonchev–Trinajstić information content (AvgIpc) is 2.41. The van der Waals surface area contributed by atoms with Crippen LogP contribution in [0.4, 0.5) is 8.78 Å². The molecular formula is C16H17F2NO. The van der Waals surface area contributed by atoms with Crippen LogP contribution in [0.25, 0.3) is 0 Å². The van der Waals surface area contributed by atoms with Gasteiger partial charge in [-0.3, -0.25) is 0 Å². The molecule has 0 saturated carbocycles. The Bertz CT molecular complexity index is 586. The first kappa shape index (κ1) is 14.5. The quantitative estimate of drug-likeness (QED) is 0.875. The van der Waals surface area contributed by atoms with E-state index in [1.54, 1.807) is 6.07 Å². The molecule has 2 rings (SSSR count). The highest BCUT2D eigenvalue weighted by molar-refractivity contribution is 5.34. The molecule has 0 aliphatic carbocycles. The standard InChI is InChI=1S/C16H17F2NO/c1-11(15-10-14(18)5-6-16(15)20)19-8-7-12-3-2-4-13(17)9-12/h2-6,9-11,19-20H,7-8H2,1H3. The zero-order valence-electron chi connectivity index (χ0n) is 11.2. The molecule has 0 aliphatic rings. The Kier molecular flexibility index (Phi) is 4.69. The van der Waals surface area contributed by atoms with Gasteiger partial charge in [0.2, 0.25) is 0 Å². The second-order valence-electron chi connectivity index (χ2n) is 4.76. The lowest BCUT2D eigenvalue weighted by molar-refractivity contribution is 0.450. The molecule has 0 aliphatic heterocycles. The summed E-state index contributed by atoms with van der Waals surface area (Å²) in [7, 11) is 0. The molecule has 0 bridgehead atoms. The predicted molar refractivity (Wildman–Crippen MR) is 74.6 cm³/mol. The van der Waals surface area contributed by atoms with Crippen molar-refractivity contribution in [3.8, 4) is 5.75 Å². The number of hydrogen-bond acceptors (Lipinski definition) is 2. The molecule has 0 radical (unpaired) electrons. The second kappa shape index (κ2) is 6.48. The van der Waals surface area contributed by atoms with Crippen molar-refractivity contribution in [1.29, 1.82) is 0 Å². The van der Waals surface area contributed by atoms with Gasteiger partial charge in [0.25, 0.3) is 0 Å². The van der Waals surface area contributed by atoms with E-state index in [0.717, 1.165) is 5.56 Å². The molecule has 2 nitrogen and oxygen atoms in total. The lowest BCUT2D eigenvalue weighted by Crippen LogP contribution is -2.21. The van der Waals surface area contributed by atoms with Crippen LogP contribution in [0.15, 0.2) is 42.5 Å². The smallest absolute Gasteiger partial charge is 0.123 e. The number of halogens is 2. The van der Waals surface area contributed by atoms with Gasteiger partial charge < -0.3 is 10.4 Å². The van der Waals surface area contributed by atoms with Crippen LogP contribution in [-0.2, 0) is 6.42 Å². The summed E-state index contributed by atoms with van der Waals surface area (Å²) in [5, 5.41) is 12.9. The lowest BCUT2D eigenvalue weighted by Gasteiger charge is -2.15. The van der Waals surface area contributed by atoms with Crippen molar-refractivity contribution in [2.75, 3.05) is 6.54 Å². The Morgan fingerprint density at radius 3 is 2.60 bits per heavy atom. The Balaban J connectivity index is 1.92. The van der Waals surface area contributed by atoms with E-state index in [9.17, 15) is 13.9 Å². The summed E-state index contributed by atoms with van der Waals surface area (Å²) in [6.07, 6.45) is 0.665. The van der Waals surface area contributed by atoms with Crippen molar-refractivity contribution < 1.29 is 13.9 Å². The maximum Gasteiger partial charge on any atom is 0.123 e. The summed E-state index contributed by atoms with van der Waals surface area (Å²) in [6, 6.07) is 10.1. The Morgan fingerprint density at radius 1 is 1.10 bits per heavy atom. The third kappa shape index (κ3) is 3.78. The van der Waals surface area contributed by atoms with E-state index < -0.39 is 0 Å². The van der Waals surface area contributed by atoms with Crippen molar-refractivity contribution in [3.05, 3.63) is 65.2 Å². The monoisotopic (exact) mass is 277 g/mol. The number of benzene rings is 2. The van der Waals surface area contributed by atoms with E-state index >= 15 is 0 Å². The van der Waals surface area contributed by atoms with E-state index in [4.69, 9.17) is 0 Å². The molecule has 0 saturated heterocycles. The minimum atomic E-state index is -0.378. The third-order valence-electron chi connectivity index (χ3n) is 3.21. The van der Waals surface area contributed by atoms with E-state index in [0.29, 0.717) is 18.5 Å². The average molecular weight is 277 g/mol. The SMILES string of the molecule is CC(NCCc1cccc(F)c1)c1cc(F)ccc1O. The van der Waals surface area contributed by atoms with Gasteiger partial charge in [0.1, 0.15) is 17.4 Å². The van der Waals surface area contributed by atoms with E-state index in [-0.39, 0.29) is 23.4 Å². The maximum absolute atomic E-state index is 13.2. The van der Waals surface area contributed by atoms with Crippen LogP contribution < -0.4 is 5.32 Å². The summed E-state index contributed by atoms with van der Waals surface area (Å²) < 4.78 is 26.2. The zero-order chi connectivity index (χ0) is 14.5. The number of phenols is 1. The van der Waals surface area contributed by atoms with Crippen LogP contribution >= 0.6 is 0 Å². The van der Waals surface area contributed by atoms with Crippen molar-refractivity contribution in [1.82, 2.24) is 5.32 Å². The number of rotatable bonds is 5. The first-order valence-corrected chi connectivity index (χ1v) is 6.52. The Labute approximate surface area is 117 Å². The second-order valence-corrected chi connectivity index (χ2v) is 4.76. The number of hydrogen-bond donors (Lipinski definition) is 2. The highest BCUT2D eigenvalue weighted by Crippen LogP contribution is 2.24. The summed E-state index contributed by atoms with van der Waals surface area (Å²) in [5.74, 6) is -0.563. The molecule has 0 amide bonds. The molecule has 0 fully saturated rings. The molecule has 1 atom stereocenters. The van der Waals surface area contributed by atoms with Gasteiger partial charge in [-0.05, 0) is 55.8 Å². The van der Waals surface area contributed by atoms with E-state index in [1.807, 2.05) is 13.0 Å². The van der Waals surface area contributed by atoms with Gasteiger partial charge in [0, 0.05) is 11.6 Å². The molecule has 0 heterocycles. The van der Waals surface area contributed by atoms with Crippen LogP contribution in [-0.4, -0.2) is 11.7 Å². The fraction of sp³-hybridized carbons (Fsp3) is 0.250. The molecular weight excluding hydrogens is 260 g/mol. The topological polar surface area (TPSA) is 32.3 Å². The van der Waals surface area contributed by atoms with Gasteiger partial charge in [0.15, 0.2) is 0 Å². The molecule has 2 N–H and O–H groups in total. The molecule has 106 valence electrons. The lowest BCUT2D eigenvalue weighted by atomic mass is 10.1. The van der Waals surface area contributed by atoms with Gasteiger partial charge >= 0.3 is 0 Å². The number of aromatic hydroxyl groups is 1. The van der Waals surface area contributed by atoms with Crippen LogP contribution in [0, 0.1) is 11.6 Å². The molecule has 20 heavy (non-hydrogen) atoms. The van der Waals surface area contributed by atoms with Crippen LogP contribution in [0.2, 0.25) is 0 Å². The molecule has 0 spiro atoms. The summed E-state index contributed by atoms with van der Waals surface area (Å²) in [4.78, 5) is 0. The fourth-order valence-corrected chi connectivity index (χ4v) is 2.11. The fourth-order valence-electron chi connectivity index (χ4n) is 2.11. The molecule has 4 heteroatoms. The van der Waals surface area contributed by atoms with Gasteiger partial charge in [-0.2, -0.15) is 0 Å². The molecule has 1 unspecified atom stereocenters. The van der Waals surface area contributed by atoms with E-state index in [1.165, 1.54) is 30.3 Å². The third-order valence-corrected chi connectivity index (χ3v) is 3.21. The Hall–Kier alpha value is -1.94. The maximum atomic E-state index is 13.2. The first-order valence-electron chi connectivity index (χ1n) is 6.52. The van der Waals surface area contributed by atoms with Gasteiger partial charge in [-0.15, -0.1) is 0 Å². The number of phenolic OH excluding ortho intramolecular Hbond substituents is 1. The van der Waals surface area contributed by atoms with Crippen molar-refractivity contribution >= 4 is 0 Å². The summed E-state index contributed by atoms with van der Waals surface area (Å²) in [5.41, 5.74) is 1.41. The zero-order valence-corrected chi connectivity index (χ0v) is 11.2. The molecule has 2 aromatic carbocycles. The van der Waals surface area contributed by atoms with Gasteiger partial charge in [-0.25, -0.2) is 8.78 Å². The minimum absolute atomic E-state index is 0.0668. The van der Waals surface area contributed by atoms with Crippen LogP contribution in [0.3, 0.4) is 0 Å². The largest absolute Gasteiger partial charge is 0.508 e. The Morgan fingerprint density at radius 2 is 1.85 bits per heavy atom. The summed E-state index contributed by atoms with van der Waals surface area (Å²) >= 11 is 0.